The summed E-state index contributed by atoms with van der Waals surface area (Å²) in [6.07, 6.45) is 5.54. The fourth-order valence-corrected chi connectivity index (χ4v) is 3.21. The normalized spacial score (nSPS) is 29.5. The van der Waals surface area contributed by atoms with Crippen LogP contribution in [0, 0.1) is 11.8 Å². The third-order valence-corrected chi connectivity index (χ3v) is 4.62. The maximum absolute atomic E-state index is 5.68. The molecule has 1 saturated heterocycles. The number of nitrogens with zero attached hydrogens (tertiary/aromatic N) is 1. The smallest absolute Gasteiger partial charge is 0.0521 e. The molecule has 106 valence electrons. The van der Waals surface area contributed by atoms with Crippen molar-refractivity contribution in [2.45, 2.75) is 45.6 Å². The highest BCUT2D eigenvalue weighted by molar-refractivity contribution is 4.83. The minimum Gasteiger partial charge on any atom is -0.381 e. The Bertz CT molecular complexity index is 229. The van der Waals surface area contributed by atoms with Crippen LogP contribution in [-0.4, -0.2) is 50.3 Å². The number of nitrogens with one attached hydrogen (secondary N) is 1. The summed E-state index contributed by atoms with van der Waals surface area (Å²) < 4.78 is 5.68. The maximum atomic E-state index is 5.68. The van der Waals surface area contributed by atoms with Gasteiger partial charge >= 0.3 is 0 Å². The van der Waals surface area contributed by atoms with Gasteiger partial charge in [0.1, 0.15) is 0 Å². The van der Waals surface area contributed by atoms with E-state index in [9.17, 15) is 0 Å². The number of hydrogen-bond donors (Lipinski definition) is 1. The first-order valence-electron chi connectivity index (χ1n) is 7.87. The van der Waals surface area contributed by atoms with Crippen molar-refractivity contribution in [3.63, 3.8) is 0 Å². The summed E-state index contributed by atoms with van der Waals surface area (Å²) in [6.45, 7) is 11.2. The molecule has 1 saturated carbocycles. The molecule has 2 fully saturated rings. The highest BCUT2D eigenvalue weighted by Gasteiger charge is 2.28. The number of ether oxygens (including phenoxy) is 1. The average Bonchev–Trinajstić information content (AvgIpc) is 2.34. The van der Waals surface area contributed by atoms with Crippen molar-refractivity contribution in [3.8, 4) is 0 Å². The Kier molecular flexibility index (Phi) is 5.93. The molecular formula is C15H30N2O. The predicted molar refractivity (Wildman–Crippen MR) is 75.8 cm³/mol. The second kappa shape index (κ2) is 7.46. The summed E-state index contributed by atoms with van der Waals surface area (Å²) in [4.78, 5) is 2.65. The standard InChI is InChI=1S/C15H30N2O/c1-3-16-15-8-9-18-12-14(15)11-17(4-2)10-13-6-5-7-13/h13-16H,3-12H2,1-2H3. The van der Waals surface area contributed by atoms with Gasteiger partial charge in [0, 0.05) is 31.7 Å². The van der Waals surface area contributed by atoms with Gasteiger partial charge in [-0.25, -0.2) is 0 Å². The van der Waals surface area contributed by atoms with E-state index in [-0.39, 0.29) is 0 Å². The van der Waals surface area contributed by atoms with Gasteiger partial charge in [-0.2, -0.15) is 0 Å². The molecule has 0 radical (unpaired) electrons. The number of hydrogen-bond acceptors (Lipinski definition) is 3. The van der Waals surface area contributed by atoms with Crippen molar-refractivity contribution in [3.05, 3.63) is 0 Å². The highest BCUT2D eigenvalue weighted by Crippen LogP contribution is 2.27. The van der Waals surface area contributed by atoms with Gasteiger partial charge in [-0.15, -0.1) is 0 Å². The van der Waals surface area contributed by atoms with Gasteiger partial charge in [-0.05, 0) is 38.3 Å². The second-order valence-corrected chi connectivity index (χ2v) is 5.94. The summed E-state index contributed by atoms with van der Waals surface area (Å²) in [5.74, 6) is 1.66. The highest BCUT2D eigenvalue weighted by atomic mass is 16.5. The van der Waals surface area contributed by atoms with Crippen LogP contribution in [0.5, 0.6) is 0 Å². The van der Waals surface area contributed by atoms with E-state index in [0.29, 0.717) is 12.0 Å². The van der Waals surface area contributed by atoms with Crippen molar-refractivity contribution in [2.24, 2.45) is 11.8 Å². The molecule has 2 aliphatic rings. The van der Waals surface area contributed by atoms with Gasteiger partial charge in [-0.1, -0.05) is 20.3 Å². The van der Waals surface area contributed by atoms with Crippen LogP contribution in [0.25, 0.3) is 0 Å². The van der Waals surface area contributed by atoms with Gasteiger partial charge in [0.2, 0.25) is 0 Å². The van der Waals surface area contributed by atoms with Crippen LogP contribution < -0.4 is 5.32 Å². The quantitative estimate of drug-likeness (QED) is 0.753. The van der Waals surface area contributed by atoms with Crippen molar-refractivity contribution in [1.82, 2.24) is 10.2 Å². The van der Waals surface area contributed by atoms with E-state index in [1.54, 1.807) is 0 Å². The molecule has 2 atom stereocenters. The van der Waals surface area contributed by atoms with Crippen LogP contribution in [0.2, 0.25) is 0 Å². The molecular weight excluding hydrogens is 224 g/mol. The summed E-state index contributed by atoms with van der Waals surface area (Å²) in [6, 6.07) is 0.666. The maximum Gasteiger partial charge on any atom is 0.0521 e. The lowest BCUT2D eigenvalue weighted by Crippen LogP contribution is -2.48. The van der Waals surface area contributed by atoms with Crippen LogP contribution in [0.4, 0.5) is 0 Å². The van der Waals surface area contributed by atoms with Gasteiger partial charge in [0.05, 0.1) is 6.61 Å². The van der Waals surface area contributed by atoms with E-state index in [2.05, 4.69) is 24.1 Å². The van der Waals surface area contributed by atoms with Crippen LogP contribution in [0.1, 0.15) is 39.5 Å². The van der Waals surface area contributed by atoms with Crippen molar-refractivity contribution in [1.29, 1.82) is 0 Å². The third kappa shape index (κ3) is 3.94. The molecule has 1 aliphatic carbocycles. The SMILES string of the molecule is CCNC1CCOCC1CN(CC)CC1CCC1. The van der Waals surface area contributed by atoms with E-state index < -0.39 is 0 Å². The third-order valence-electron chi connectivity index (χ3n) is 4.62. The van der Waals surface area contributed by atoms with Crippen molar-refractivity contribution in [2.75, 3.05) is 39.4 Å². The second-order valence-electron chi connectivity index (χ2n) is 5.94. The van der Waals surface area contributed by atoms with E-state index in [0.717, 1.165) is 25.7 Å². The van der Waals surface area contributed by atoms with E-state index in [4.69, 9.17) is 4.74 Å². The summed E-state index contributed by atoms with van der Waals surface area (Å²) in [5, 5.41) is 3.64. The Hall–Kier alpha value is -0.120. The van der Waals surface area contributed by atoms with Crippen LogP contribution in [0.3, 0.4) is 0 Å². The summed E-state index contributed by atoms with van der Waals surface area (Å²) in [5.41, 5.74) is 0. The van der Waals surface area contributed by atoms with Gasteiger partial charge in [0.25, 0.3) is 0 Å². The molecule has 0 aromatic rings. The topological polar surface area (TPSA) is 24.5 Å². The lowest BCUT2D eigenvalue weighted by atomic mass is 9.84. The lowest BCUT2D eigenvalue weighted by molar-refractivity contribution is 0.0137. The Balaban J connectivity index is 1.79. The van der Waals surface area contributed by atoms with Gasteiger partial charge in [0.15, 0.2) is 0 Å². The number of rotatable bonds is 7. The molecule has 3 nitrogen and oxygen atoms in total. The Morgan fingerprint density at radius 3 is 2.61 bits per heavy atom. The summed E-state index contributed by atoms with van der Waals surface area (Å²) in [7, 11) is 0. The molecule has 0 aromatic heterocycles. The zero-order valence-electron chi connectivity index (χ0n) is 12.2. The first kappa shape index (κ1) is 14.3. The Labute approximate surface area is 112 Å². The van der Waals surface area contributed by atoms with Gasteiger partial charge < -0.3 is 15.0 Å². The minimum absolute atomic E-state index is 0.666. The molecule has 0 bridgehead atoms. The lowest BCUT2D eigenvalue weighted by Gasteiger charge is -2.38. The molecule has 0 spiro atoms. The first-order chi connectivity index (χ1) is 8.83. The van der Waals surface area contributed by atoms with Crippen molar-refractivity contribution < 1.29 is 4.74 Å². The molecule has 3 heteroatoms. The van der Waals surface area contributed by atoms with E-state index in [1.165, 1.54) is 45.3 Å². The largest absolute Gasteiger partial charge is 0.381 e. The molecule has 18 heavy (non-hydrogen) atoms. The molecule has 1 aliphatic heterocycles. The predicted octanol–water partition coefficient (Wildman–Crippen LogP) is 2.12. The molecule has 0 aromatic carbocycles. The zero-order valence-corrected chi connectivity index (χ0v) is 12.2. The molecule has 1 N–H and O–H groups in total. The molecule has 2 rings (SSSR count). The molecule has 1 heterocycles. The minimum atomic E-state index is 0.666. The van der Waals surface area contributed by atoms with Crippen molar-refractivity contribution >= 4 is 0 Å². The molecule has 2 unspecified atom stereocenters. The Morgan fingerprint density at radius 2 is 2.00 bits per heavy atom. The fraction of sp³-hybridized carbons (Fsp3) is 1.00. The first-order valence-corrected chi connectivity index (χ1v) is 7.87. The molecule has 0 amide bonds. The van der Waals surface area contributed by atoms with Crippen LogP contribution in [-0.2, 0) is 4.74 Å². The van der Waals surface area contributed by atoms with E-state index in [1.807, 2.05) is 0 Å². The monoisotopic (exact) mass is 254 g/mol. The fourth-order valence-electron chi connectivity index (χ4n) is 3.21. The zero-order chi connectivity index (χ0) is 12.8. The van der Waals surface area contributed by atoms with Crippen LogP contribution >= 0.6 is 0 Å². The van der Waals surface area contributed by atoms with Gasteiger partial charge in [-0.3, -0.25) is 0 Å². The summed E-state index contributed by atoms with van der Waals surface area (Å²) >= 11 is 0. The average molecular weight is 254 g/mol. The van der Waals surface area contributed by atoms with Crippen LogP contribution in [0.15, 0.2) is 0 Å². The van der Waals surface area contributed by atoms with E-state index >= 15 is 0 Å². The Morgan fingerprint density at radius 1 is 1.17 bits per heavy atom.